The van der Waals surface area contributed by atoms with Gasteiger partial charge in [0.05, 0.1) is 18.0 Å². The van der Waals surface area contributed by atoms with Gasteiger partial charge in [-0.3, -0.25) is 4.72 Å². The van der Waals surface area contributed by atoms with Crippen LogP contribution in [0.4, 0.5) is 5.69 Å². The Hall–Kier alpha value is 0.410. The lowest BCUT2D eigenvalue weighted by atomic mass is 10.3. The lowest BCUT2D eigenvalue weighted by molar-refractivity contribution is 0.566. The van der Waals surface area contributed by atoms with Gasteiger partial charge in [0.1, 0.15) is 0 Å². The molecule has 0 aliphatic carbocycles. The highest BCUT2D eigenvalue weighted by atomic mass is 79.9. The fraction of sp³-hybridized carbons (Fsp3) is 0.500. The molecule has 0 atom stereocenters. The van der Waals surface area contributed by atoms with Crippen LogP contribution in [0.5, 0.6) is 0 Å². The molecule has 1 N–H and O–H groups in total. The lowest BCUT2D eigenvalue weighted by Crippen LogP contribution is -2.33. The summed E-state index contributed by atoms with van der Waals surface area (Å²) < 4.78 is 27.1. The SMILES string of the molecule is CC(C)(C)S(=O)(=O)Nc1cc(Br)sc1Br. The number of hydrogen-bond acceptors (Lipinski definition) is 3. The van der Waals surface area contributed by atoms with E-state index >= 15 is 0 Å². The molecule has 0 aromatic carbocycles. The second kappa shape index (κ2) is 4.35. The average molecular weight is 377 g/mol. The summed E-state index contributed by atoms with van der Waals surface area (Å²) in [4.78, 5) is 0. The van der Waals surface area contributed by atoms with Gasteiger partial charge in [-0.15, -0.1) is 11.3 Å². The largest absolute Gasteiger partial charge is 0.281 e. The lowest BCUT2D eigenvalue weighted by Gasteiger charge is -2.19. The van der Waals surface area contributed by atoms with Crippen molar-refractivity contribution >= 4 is 58.9 Å². The highest BCUT2D eigenvalue weighted by molar-refractivity contribution is 9.12. The van der Waals surface area contributed by atoms with Crippen molar-refractivity contribution in [3.8, 4) is 0 Å². The Morgan fingerprint density at radius 2 is 1.87 bits per heavy atom. The van der Waals surface area contributed by atoms with E-state index in [1.165, 1.54) is 11.3 Å². The van der Waals surface area contributed by atoms with Crippen molar-refractivity contribution < 1.29 is 8.42 Å². The number of halogens is 2. The van der Waals surface area contributed by atoms with E-state index < -0.39 is 14.8 Å². The second-order valence-electron chi connectivity index (χ2n) is 3.96. The van der Waals surface area contributed by atoms with Gasteiger partial charge >= 0.3 is 0 Å². The summed E-state index contributed by atoms with van der Waals surface area (Å²) in [6.45, 7) is 4.97. The van der Waals surface area contributed by atoms with Crippen LogP contribution in [-0.2, 0) is 10.0 Å². The van der Waals surface area contributed by atoms with E-state index in [0.29, 0.717) is 5.69 Å². The van der Waals surface area contributed by atoms with Gasteiger partial charge in [-0.1, -0.05) is 0 Å². The van der Waals surface area contributed by atoms with E-state index in [0.717, 1.165) is 7.57 Å². The molecular weight excluding hydrogens is 366 g/mol. The predicted octanol–water partition coefficient (Wildman–Crippen LogP) is 3.81. The summed E-state index contributed by atoms with van der Waals surface area (Å²) in [5, 5.41) is 0. The fourth-order valence-corrected chi connectivity index (χ4v) is 4.33. The maximum atomic E-state index is 11.8. The predicted molar refractivity (Wildman–Crippen MR) is 72.0 cm³/mol. The third-order valence-corrected chi connectivity index (χ3v) is 6.15. The third-order valence-electron chi connectivity index (χ3n) is 1.71. The molecule has 1 rings (SSSR count). The maximum Gasteiger partial charge on any atom is 0.237 e. The molecule has 0 saturated heterocycles. The number of sulfonamides is 1. The van der Waals surface area contributed by atoms with E-state index in [4.69, 9.17) is 0 Å². The fourth-order valence-electron chi connectivity index (χ4n) is 0.708. The molecular formula is C8H11Br2NO2S2. The van der Waals surface area contributed by atoms with Crippen molar-refractivity contribution in [2.45, 2.75) is 25.5 Å². The van der Waals surface area contributed by atoms with Crippen molar-refractivity contribution in [2.75, 3.05) is 4.72 Å². The van der Waals surface area contributed by atoms with Crippen LogP contribution in [0.25, 0.3) is 0 Å². The van der Waals surface area contributed by atoms with Gasteiger partial charge < -0.3 is 0 Å². The van der Waals surface area contributed by atoms with E-state index in [-0.39, 0.29) is 0 Å². The molecule has 1 aromatic rings. The minimum absolute atomic E-state index is 0.571. The molecule has 0 bridgehead atoms. The van der Waals surface area contributed by atoms with E-state index in [1.54, 1.807) is 26.8 Å². The van der Waals surface area contributed by atoms with Crippen LogP contribution >= 0.6 is 43.2 Å². The van der Waals surface area contributed by atoms with Crippen LogP contribution in [0.15, 0.2) is 13.6 Å². The molecule has 0 fully saturated rings. The van der Waals surface area contributed by atoms with Gasteiger partial charge in [0.25, 0.3) is 0 Å². The second-order valence-corrected chi connectivity index (χ2v) is 10.1. The normalized spacial score (nSPS) is 12.9. The van der Waals surface area contributed by atoms with Crippen molar-refractivity contribution in [1.82, 2.24) is 0 Å². The molecule has 1 heterocycles. The average Bonchev–Trinajstić information content (AvgIpc) is 2.26. The van der Waals surface area contributed by atoms with Crippen LogP contribution in [0.1, 0.15) is 20.8 Å². The van der Waals surface area contributed by atoms with Crippen molar-refractivity contribution in [3.05, 3.63) is 13.6 Å². The summed E-state index contributed by atoms with van der Waals surface area (Å²) in [5.74, 6) is 0. The minimum atomic E-state index is -3.35. The number of anilines is 1. The van der Waals surface area contributed by atoms with Crippen LogP contribution in [0.2, 0.25) is 0 Å². The molecule has 0 saturated carbocycles. The van der Waals surface area contributed by atoms with Crippen LogP contribution in [0, 0.1) is 0 Å². The molecule has 0 aliphatic rings. The molecule has 1 aromatic heterocycles. The van der Waals surface area contributed by atoms with Gasteiger partial charge in [0.15, 0.2) is 0 Å². The Bertz CT molecular complexity index is 459. The Balaban J connectivity index is 3.02. The number of nitrogens with one attached hydrogen (secondary N) is 1. The van der Waals surface area contributed by atoms with E-state index in [1.807, 2.05) is 0 Å². The van der Waals surface area contributed by atoms with Crippen molar-refractivity contribution in [3.63, 3.8) is 0 Å². The Labute approximate surface area is 111 Å². The molecule has 0 amide bonds. The van der Waals surface area contributed by atoms with E-state index in [9.17, 15) is 8.42 Å². The molecule has 3 nitrogen and oxygen atoms in total. The van der Waals surface area contributed by atoms with Crippen molar-refractivity contribution in [2.24, 2.45) is 0 Å². The Kier molecular flexibility index (Phi) is 3.91. The van der Waals surface area contributed by atoms with Gasteiger partial charge in [-0.25, -0.2) is 8.42 Å². The first kappa shape index (κ1) is 13.5. The Morgan fingerprint density at radius 1 is 1.33 bits per heavy atom. The first-order chi connectivity index (χ1) is 6.63. The van der Waals surface area contributed by atoms with Gasteiger partial charge in [-0.05, 0) is 58.7 Å². The van der Waals surface area contributed by atoms with E-state index in [2.05, 4.69) is 36.6 Å². The van der Waals surface area contributed by atoms with Crippen LogP contribution in [0.3, 0.4) is 0 Å². The molecule has 0 unspecified atom stereocenters. The zero-order valence-electron chi connectivity index (χ0n) is 8.47. The Morgan fingerprint density at radius 3 is 2.20 bits per heavy atom. The van der Waals surface area contributed by atoms with Crippen LogP contribution < -0.4 is 4.72 Å². The van der Waals surface area contributed by atoms with Gasteiger partial charge in [-0.2, -0.15) is 0 Å². The standard InChI is InChI=1S/C8H11Br2NO2S2/c1-8(2,3)15(12,13)11-5-4-6(9)14-7(5)10/h4,11H,1-3H3. The third kappa shape index (κ3) is 3.18. The summed E-state index contributed by atoms with van der Waals surface area (Å²) in [6.07, 6.45) is 0. The molecule has 0 radical (unpaired) electrons. The molecule has 0 aliphatic heterocycles. The van der Waals surface area contributed by atoms with Crippen molar-refractivity contribution in [1.29, 1.82) is 0 Å². The molecule has 7 heteroatoms. The first-order valence-electron chi connectivity index (χ1n) is 4.11. The highest BCUT2D eigenvalue weighted by Gasteiger charge is 2.29. The quantitative estimate of drug-likeness (QED) is 0.852. The number of thiophene rings is 1. The summed E-state index contributed by atoms with van der Waals surface area (Å²) in [7, 11) is -3.35. The molecule has 15 heavy (non-hydrogen) atoms. The van der Waals surface area contributed by atoms with Gasteiger partial charge in [0.2, 0.25) is 10.0 Å². The maximum absolute atomic E-state index is 11.8. The first-order valence-corrected chi connectivity index (χ1v) is 7.99. The summed E-state index contributed by atoms with van der Waals surface area (Å²) >= 11 is 8.02. The zero-order chi connectivity index (χ0) is 11.9. The minimum Gasteiger partial charge on any atom is -0.281 e. The zero-order valence-corrected chi connectivity index (χ0v) is 13.3. The number of rotatable bonds is 2. The van der Waals surface area contributed by atoms with Gasteiger partial charge in [0, 0.05) is 0 Å². The molecule has 0 spiro atoms. The topological polar surface area (TPSA) is 46.2 Å². The number of hydrogen-bond donors (Lipinski definition) is 1. The smallest absolute Gasteiger partial charge is 0.237 e. The summed E-state index contributed by atoms with van der Waals surface area (Å²) in [5.41, 5.74) is 0.571. The highest BCUT2D eigenvalue weighted by Crippen LogP contribution is 2.37. The molecule has 86 valence electrons. The van der Waals surface area contributed by atoms with Crippen LogP contribution in [-0.4, -0.2) is 13.2 Å². The summed E-state index contributed by atoms with van der Waals surface area (Å²) in [6, 6.07) is 1.73. The monoisotopic (exact) mass is 375 g/mol.